The third kappa shape index (κ3) is 3.76. The molecule has 0 saturated carbocycles. The molecule has 1 aromatic carbocycles. The van der Waals surface area contributed by atoms with Crippen molar-refractivity contribution in [2.45, 2.75) is 12.6 Å². The second-order valence-electron chi connectivity index (χ2n) is 3.25. The lowest BCUT2D eigenvalue weighted by Gasteiger charge is -2.10. The van der Waals surface area contributed by atoms with Crippen molar-refractivity contribution in [1.82, 2.24) is 0 Å². The van der Waals surface area contributed by atoms with E-state index in [2.05, 4.69) is 9.47 Å². The molecule has 0 amide bonds. The predicted octanol–water partition coefficient (Wildman–Crippen LogP) is 1.87. The number of halogens is 3. The number of hydrogen-bond donors (Lipinski definition) is 0. The van der Waals surface area contributed by atoms with Gasteiger partial charge in [0, 0.05) is 5.56 Å². The summed E-state index contributed by atoms with van der Waals surface area (Å²) in [6, 6.07) is 5.43. The Labute approximate surface area is 100 Å². The number of benzene rings is 1. The topological polar surface area (TPSA) is 52.6 Å². The van der Waals surface area contributed by atoms with Gasteiger partial charge in [-0.15, -0.1) is 0 Å². The molecule has 0 aromatic heterocycles. The van der Waals surface area contributed by atoms with E-state index in [9.17, 15) is 22.8 Å². The van der Waals surface area contributed by atoms with E-state index >= 15 is 0 Å². The summed E-state index contributed by atoms with van der Waals surface area (Å²) in [4.78, 5) is 21.7. The lowest BCUT2D eigenvalue weighted by atomic mass is 10.1. The van der Waals surface area contributed by atoms with E-state index in [-0.39, 0.29) is 17.7 Å². The Bertz CT molecular complexity index is 454. The van der Waals surface area contributed by atoms with E-state index in [4.69, 9.17) is 0 Å². The third-order valence-electron chi connectivity index (χ3n) is 1.97. The van der Waals surface area contributed by atoms with Crippen molar-refractivity contribution in [2.24, 2.45) is 0 Å². The van der Waals surface area contributed by atoms with Gasteiger partial charge in [0.1, 0.15) is 5.75 Å². The molecule has 18 heavy (non-hydrogen) atoms. The fraction of sp³-hybridized carbons (Fsp3) is 0.273. The Balaban J connectivity index is 2.89. The van der Waals surface area contributed by atoms with Crippen molar-refractivity contribution >= 4 is 11.9 Å². The number of ether oxygens (including phenoxy) is 2. The Morgan fingerprint density at radius 3 is 2.39 bits per heavy atom. The number of rotatable bonds is 3. The molecule has 98 valence electrons. The summed E-state index contributed by atoms with van der Waals surface area (Å²) in [6.07, 6.45) is -5.36. The number of para-hydroxylation sites is 1. The van der Waals surface area contributed by atoms with Crippen LogP contribution in [-0.4, -0.2) is 25.2 Å². The standard InChI is InChI=1S/C11H9F3O4/c1-17-9(15)6-7-4-2-3-5-8(7)18-10(16)11(12,13)14/h2-5H,6H2,1H3. The zero-order valence-electron chi connectivity index (χ0n) is 9.28. The Morgan fingerprint density at radius 2 is 1.83 bits per heavy atom. The molecule has 1 rings (SSSR count). The van der Waals surface area contributed by atoms with E-state index in [1.54, 1.807) is 0 Å². The number of carbonyl (C=O) groups excluding carboxylic acids is 2. The zero-order valence-corrected chi connectivity index (χ0v) is 9.28. The van der Waals surface area contributed by atoms with E-state index in [0.29, 0.717) is 0 Å². The number of alkyl halides is 3. The van der Waals surface area contributed by atoms with Crippen LogP contribution < -0.4 is 4.74 Å². The van der Waals surface area contributed by atoms with E-state index in [1.807, 2.05) is 0 Å². The average molecular weight is 262 g/mol. The van der Waals surface area contributed by atoms with Crippen LogP contribution in [0.15, 0.2) is 24.3 Å². The first-order chi connectivity index (χ1) is 8.34. The normalized spacial score (nSPS) is 10.9. The van der Waals surface area contributed by atoms with Crippen LogP contribution in [0.1, 0.15) is 5.56 Å². The SMILES string of the molecule is COC(=O)Cc1ccccc1OC(=O)C(F)(F)F. The highest BCUT2D eigenvalue weighted by Gasteiger charge is 2.41. The molecule has 0 aliphatic rings. The van der Waals surface area contributed by atoms with Gasteiger partial charge in [0.05, 0.1) is 13.5 Å². The summed E-state index contributed by atoms with van der Waals surface area (Å²) in [5.74, 6) is -3.30. The van der Waals surface area contributed by atoms with E-state index < -0.39 is 18.1 Å². The minimum atomic E-state index is -5.08. The van der Waals surface area contributed by atoms with Crippen LogP contribution in [0.2, 0.25) is 0 Å². The molecule has 0 radical (unpaired) electrons. The smallest absolute Gasteiger partial charge is 0.469 e. The van der Waals surface area contributed by atoms with Crippen LogP contribution in [0.3, 0.4) is 0 Å². The number of methoxy groups -OCH3 is 1. The number of carbonyl (C=O) groups is 2. The van der Waals surface area contributed by atoms with Crippen LogP contribution in [0.25, 0.3) is 0 Å². The Morgan fingerprint density at radius 1 is 1.22 bits per heavy atom. The maximum Gasteiger partial charge on any atom is 0.491 e. The highest BCUT2D eigenvalue weighted by molar-refractivity contribution is 5.79. The first kappa shape index (κ1) is 14.0. The van der Waals surface area contributed by atoms with Crippen molar-refractivity contribution in [2.75, 3.05) is 7.11 Å². The van der Waals surface area contributed by atoms with E-state index in [0.717, 1.165) is 7.11 Å². The Hall–Kier alpha value is -2.05. The van der Waals surface area contributed by atoms with E-state index in [1.165, 1.54) is 24.3 Å². The lowest BCUT2D eigenvalue weighted by molar-refractivity contribution is -0.189. The second kappa shape index (κ2) is 5.52. The van der Waals surface area contributed by atoms with Gasteiger partial charge in [-0.3, -0.25) is 4.79 Å². The molecule has 0 fully saturated rings. The minimum absolute atomic E-state index is 0.141. The largest absolute Gasteiger partial charge is 0.491 e. The molecule has 0 spiro atoms. The van der Waals surface area contributed by atoms with Crippen molar-refractivity contribution in [3.63, 3.8) is 0 Å². The minimum Gasteiger partial charge on any atom is -0.469 e. The molecule has 0 N–H and O–H groups in total. The van der Waals surface area contributed by atoms with Crippen molar-refractivity contribution in [1.29, 1.82) is 0 Å². The predicted molar refractivity (Wildman–Crippen MR) is 53.9 cm³/mol. The van der Waals surface area contributed by atoms with Gasteiger partial charge in [-0.25, -0.2) is 4.79 Å². The van der Waals surface area contributed by atoms with Crippen LogP contribution in [-0.2, 0) is 20.7 Å². The average Bonchev–Trinajstić information content (AvgIpc) is 2.30. The molecule has 0 atom stereocenters. The van der Waals surface area contributed by atoms with Crippen molar-refractivity contribution in [3.05, 3.63) is 29.8 Å². The van der Waals surface area contributed by atoms with Crippen LogP contribution in [0.4, 0.5) is 13.2 Å². The molecule has 7 heteroatoms. The monoisotopic (exact) mass is 262 g/mol. The molecule has 0 saturated heterocycles. The maximum atomic E-state index is 12.0. The summed E-state index contributed by atoms with van der Waals surface area (Å²) >= 11 is 0. The first-order valence-electron chi connectivity index (χ1n) is 4.78. The fourth-order valence-electron chi connectivity index (χ4n) is 1.13. The lowest BCUT2D eigenvalue weighted by Crippen LogP contribution is -2.28. The number of hydrogen-bond acceptors (Lipinski definition) is 4. The number of esters is 2. The molecule has 0 aliphatic carbocycles. The van der Waals surface area contributed by atoms with Gasteiger partial charge >= 0.3 is 18.1 Å². The van der Waals surface area contributed by atoms with Gasteiger partial charge in [0.15, 0.2) is 0 Å². The molecule has 0 heterocycles. The molecule has 0 unspecified atom stereocenters. The fourth-order valence-corrected chi connectivity index (χ4v) is 1.13. The first-order valence-corrected chi connectivity index (χ1v) is 4.78. The van der Waals surface area contributed by atoms with Gasteiger partial charge < -0.3 is 9.47 Å². The van der Waals surface area contributed by atoms with Gasteiger partial charge in [0.2, 0.25) is 0 Å². The molecule has 0 bridgehead atoms. The van der Waals surface area contributed by atoms with Gasteiger partial charge in [-0.05, 0) is 6.07 Å². The zero-order chi connectivity index (χ0) is 13.8. The summed E-state index contributed by atoms with van der Waals surface area (Å²) in [5, 5.41) is 0. The molecule has 0 aliphatic heterocycles. The van der Waals surface area contributed by atoms with Gasteiger partial charge in [-0.2, -0.15) is 13.2 Å². The second-order valence-corrected chi connectivity index (χ2v) is 3.25. The molecular weight excluding hydrogens is 253 g/mol. The van der Waals surface area contributed by atoms with Crippen LogP contribution in [0, 0.1) is 0 Å². The molecule has 4 nitrogen and oxygen atoms in total. The van der Waals surface area contributed by atoms with Crippen LogP contribution in [0.5, 0.6) is 5.75 Å². The van der Waals surface area contributed by atoms with Crippen molar-refractivity contribution in [3.8, 4) is 5.75 Å². The highest BCUT2D eigenvalue weighted by Crippen LogP contribution is 2.23. The van der Waals surface area contributed by atoms with Gasteiger partial charge in [-0.1, -0.05) is 18.2 Å². The molecule has 1 aromatic rings. The summed E-state index contributed by atoms with van der Waals surface area (Å²) in [7, 11) is 1.15. The van der Waals surface area contributed by atoms with Gasteiger partial charge in [0.25, 0.3) is 0 Å². The quantitative estimate of drug-likeness (QED) is 0.616. The third-order valence-corrected chi connectivity index (χ3v) is 1.97. The highest BCUT2D eigenvalue weighted by atomic mass is 19.4. The van der Waals surface area contributed by atoms with Crippen LogP contribution >= 0.6 is 0 Å². The summed E-state index contributed by atoms with van der Waals surface area (Å²) in [5.41, 5.74) is 0.141. The molecular formula is C11H9F3O4. The Kier molecular flexibility index (Phi) is 4.30. The van der Waals surface area contributed by atoms with Crippen molar-refractivity contribution < 1.29 is 32.2 Å². The summed E-state index contributed by atoms with van der Waals surface area (Å²) in [6.45, 7) is 0. The summed E-state index contributed by atoms with van der Waals surface area (Å²) < 4.78 is 44.7. The maximum absolute atomic E-state index is 12.0.